The zero-order chi connectivity index (χ0) is 18.3. The molecular weight excluding hydrogens is 288 g/mol. The topological polar surface area (TPSA) is 0 Å². The van der Waals surface area contributed by atoms with Crippen molar-refractivity contribution in [1.82, 2.24) is 0 Å². The van der Waals surface area contributed by atoms with Gasteiger partial charge in [0.2, 0.25) is 0 Å². The molecule has 0 unspecified atom stereocenters. The van der Waals surface area contributed by atoms with Crippen LogP contribution < -0.4 is 0 Å². The van der Waals surface area contributed by atoms with Crippen LogP contribution in [0.4, 0.5) is 0 Å². The van der Waals surface area contributed by atoms with Gasteiger partial charge in [-0.05, 0) is 142 Å². The van der Waals surface area contributed by atoms with Gasteiger partial charge >= 0.3 is 0 Å². The van der Waals surface area contributed by atoms with Crippen molar-refractivity contribution in [2.45, 2.75) is 82.1 Å². The minimum atomic E-state index is 1.06. The average Bonchev–Trinajstić information content (AvgIpc) is 2.56. The van der Waals surface area contributed by atoms with E-state index in [2.05, 4.69) is 69.2 Å². The zero-order valence-corrected chi connectivity index (χ0v) is 17.4. The molecule has 0 bridgehead atoms. The first-order valence-electron chi connectivity index (χ1n) is 9.27. The lowest BCUT2D eigenvalue weighted by molar-refractivity contribution is 0.988. The summed E-state index contributed by atoms with van der Waals surface area (Å²) in [5.74, 6) is 0. The van der Waals surface area contributed by atoms with Crippen LogP contribution in [0.3, 0.4) is 0 Å². The predicted octanol–water partition coefficient (Wildman–Crippen LogP) is 6.62. The van der Waals surface area contributed by atoms with Crippen molar-refractivity contribution in [3.05, 3.63) is 66.8 Å². The Kier molecular flexibility index (Phi) is 5.28. The Bertz CT molecular complexity index is 775. The SMILES string of the molecule is CCc1c(C)c(C)c(C)c(Cc2c(C)c(C)c(C)c(C)c2C)c1C. The summed E-state index contributed by atoms with van der Waals surface area (Å²) in [5.41, 5.74) is 17.9. The maximum absolute atomic E-state index is 2.33. The second kappa shape index (κ2) is 6.75. The van der Waals surface area contributed by atoms with Crippen molar-refractivity contribution in [3.63, 3.8) is 0 Å². The van der Waals surface area contributed by atoms with Gasteiger partial charge in [0, 0.05) is 0 Å². The van der Waals surface area contributed by atoms with Crippen LogP contribution in [0, 0.1) is 62.3 Å². The van der Waals surface area contributed by atoms with Crippen molar-refractivity contribution in [1.29, 1.82) is 0 Å². The lowest BCUT2D eigenvalue weighted by atomic mass is 9.82. The quantitative estimate of drug-likeness (QED) is 0.596. The largest absolute Gasteiger partial charge is 0.0613 e. The van der Waals surface area contributed by atoms with Crippen LogP contribution >= 0.6 is 0 Å². The Morgan fingerprint density at radius 1 is 0.375 bits per heavy atom. The normalized spacial score (nSPS) is 11.2. The number of rotatable bonds is 3. The molecular formula is C24H34. The second-order valence-corrected chi connectivity index (χ2v) is 7.59. The second-order valence-electron chi connectivity index (χ2n) is 7.59. The highest BCUT2D eigenvalue weighted by atomic mass is 14.2. The lowest BCUT2D eigenvalue weighted by Gasteiger charge is -2.23. The van der Waals surface area contributed by atoms with Crippen molar-refractivity contribution in [2.24, 2.45) is 0 Å². The molecule has 0 aromatic heterocycles. The van der Waals surface area contributed by atoms with E-state index in [1.165, 1.54) is 55.6 Å². The van der Waals surface area contributed by atoms with E-state index in [1.54, 1.807) is 11.1 Å². The maximum Gasteiger partial charge on any atom is -0.00149 e. The van der Waals surface area contributed by atoms with E-state index in [0.717, 1.165) is 12.8 Å². The smallest absolute Gasteiger partial charge is 0.00149 e. The number of hydrogen-bond donors (Lipinski definition) is 0. The van der Waals surface area contributed by atoms with Crippen LogP contribution in [0.5, 0.6) is 0 Å². The van der Waals surface area contributed by atoms with Gasteiger partial charge in [-0.3, -0.25) is 0 Å². The fourth-order valence-electron chi connectivity index (χ4n) is 4.29. The highest BCUT2D eigenvalue weighted by molar-refractivity contribution is 5.55. The summed E-state index contributed by atoms with van der Waals surface area (Å²) >= 11 is 0. The van der Waals surface area contributed by atoms with Gasteiger partial charge < -0.3 is 0 Å². The molecule has 0 saturated heterocycles. The minimum Gasteiger partial charge on any atom is -0.0613 e. The molecule has 130 valence electrons. The lowest BCUT2D eigenvalue weighted by Crippen LogP contribution is -2.09. The molecule has 0 aliphatic heterocycles. The average molecular weight is 323 g/mol. The number of hydrogen-bond acceptors (Lipinski definition) is 0. The summed E-state index contributed by atoms with van der Waals surface area (Å²) in [6.45, 7) is 22.9. The van der Waals surface area contributed by atoms with Crippen molar-refractivity contribution < 1.29 is 0 Å². The van der Waals surface area contributed by atoms with Crippen LogP contribution in [0.15, 0.2) is 0 Å². The van der Waals surface area contributed by atoms with Gasteiger partial charge in [-0.25, -0.2) is 0 Å². The van der Waals surface area contributed by atoms with Gasteiger partial charge in [0.25, 0.3) is 0 Å². The molecule has 0 saturated carbocycles. The van der Waals surface area contributed by atoms with E-state index in [1.807, 2.05) is 0 Å². The maximum atomic E-state index is 2.33. The Balaban J connectivity index is 2.73. The highest BCUT2D eigenvalue weighted by Crippen LogP contribution is 2.33. The Morgan fingerprint density at radius 3 is 1.08 bits per heavy atom. The fourth-order valence-corrected chi connectivity index (χ4v) is 4.29. The van der Waals surface area contributed by atoms with Crippen molar-refractivity contribution >= 4 is 0 Å². The molecule has 2 aromatic carbocycles. The molecule has 0 N–H and O–H groups in total. The van der Waals surface area contributed by atoms with Crippen LogP contribution in [0.1, 0.15) is 73.7 Å². The van der Waals surface area contributed by atoms with Crippen molar-refractivity contribution in [3.8, 4) is 0 Å². The van der Waals surface area contributed by atoms with E-state index in [4.69, 9.17) is 0 Å². The summed E-state index contributed by atoms with van der Waals surface area (Å²) in [4.78, 5) is 0. The molecule has 2 rings (SSSR count). The summed E-state index contributed by atoms with van der Waals surface area (Å²) in [6.07, 6.45) is 2.18. The van der Waals surface area contributed by atoms with Crippen LogP contribution in [0.2, 0.25) is 0 Å². The first-order chi connectivity index (χ1) is 11.1. The molecule has 0 aliphatic rings. The summed E-state index contributed by atoms with van der Waals surface area (Å²) in [5, 5.41) is 0. The molecule has 0 heteroatoms. The summed E-state index contributed by atoms with van der Waals surface area (Å²) in [6, 6.07) is 0. The molecule has 0 atom stereocenters. The third-order valence-electron chi connectivity index (χ3n) is 6.80. The van der Waals surface area contributed by atoms with E-state index in [9.17, 15) is 0 Å². The van der Waals surface area contributed by atoms with Crippen LogP contribution in [0.25, 0.3) is 0 Å². The van der Waals surface area contributed by atoms with E-state index >= 15 is 0 Å². The first-order valence-corrected chi connectivity index (χ1v) is 9.27. The monoisotopic (exact) mass is 322 g/mol. The Labute approximate surface area is 149 Å². The molecule has 0 amide bonds. The number of benzene rings is 2. The standard InChI is InChI=1S/C24H34/c1-11-22-17(6)16(5)20(9)24(21(22)10)12-23-18(7)14(3)13(2)15(4)19(23)8/h11-12H2,1-10H3. The third-order valence-corrected chi connectivity index (χ3v) is 6.80. The Morgan fingerprint density at radius 2 is 0.667 bits per heavy atom. The van der Waals surface area contributed by atoms with Gasteiger partial charge in [0.1, 0.15) is 0 Å². The third kappa shape index (κ3) is 2.81. The summed E-state index contributed by atoms with van der Waals surface area (Å²) in [7, 11) is 0. The molecule has 0 heterocycles. The molecule has 0 aliphatic carbocycles. The van der Waals surface area contributed by atoms with Crippen LogP contribution in [-0.4, -0.2) is 0 Å². The van der Waals surface area contributed by atoms with Gasteiger partial charge in [0.15, 0.2) is 0 Å². The van der Waals surface area contributed by atoms with E-state index < -0.39 is 0 Å². The van der Waals surface area contributed by atoms with E-state index in [0.29, 0.717) is 0 Å². The zero-order valence-electron chi connectivity index (χ0n) is 17.4. The molecule has 2 aromatic rings. The molecule has 0 fully saturated rings. The Hall–Kier alpha value is -1.56. The van der Waals surface area contributed by atoms with Gasteiger partial charge in [0.05, 0.1) is 0 Å². The highest BCUT2D eigenvalue weighted by Gasteiger charge is 2.18. The fraction of sp³-hybridized carbons (Fsp3) is 0.500. The van der Waals surface area contributed by atoms with Crippen molar-refractivity contribution in [2.75, 3.05) is 0 Å². The van der Waals surface area contributed by atoms with Crippen LogP contribution in [-0.2, 0) is 12.8 Å². The molecule has 0 radical (unpaired) electrons. The first kappa shape index (κ1) is 18.8. The molecule has 24 heavy (non-hydrogen) atoms. The molecule has 0 spiro atoms. The summed E-state index contributed by atoms with van der Waals surface area (Å²) < 4.78 is 0. The van der Waals surface area contributed by atoms with E-state index in [-0.39, 0.29) is 0 Å². The van der Waals surface area contributed by atoms with Gasteiger partial charge in [-0.15, -0.1) is 0 Å². The molecule has 0 nitrogen and oxygen atoms in total. The predicted molar refractivity (Wildman–Crippen MR) is 108 cm³/mol. The van der Waals surface area contributed by atoms with Gasteiger partial charge in [-0.2, -0.15) is 0 Å². The van der Waals surface area contributed by atoms with Gasteiger partial charge in [-0.1, -0.05) is 6.92 Å². The minimum absolute atomic E-state index is 1.06.